The van der Waals surface area contributed by atoms with Gasteiger partial charge in [0.05, 0.1) is 5.69 Å². The van der Waals surface area contributed by atoms with Crippen molar-refractivity contribution in [3.8, 4) is 5.75 Å². The Morgan fingerprint density at radius 3 is 2.70 bits per heavy atom. The average molecular weight is 426 g/mol. The van der Waals surface area contributed by atoms with E-state index in [2.05, 4.69) is 16.3 Å². The summed E-state index contributed by atoms with van der Waals surface area (Å²) in [7, 11) is 0. The highest BCUT2D eigenvalue weighted by molar-refractivity contribution is 7.99. The number of hydrogen-bond acceptors (Lipinski definition) is 5. The highest BCUT2D eigenvalue weighted by Crippen LogP contribution is 2.33. The first kappa shape index (κ1) is 20.8. The molecule has 6 nitrogen and oxygen atoms in total. The van der Waals surface area contributed by atoms with Crippen LogP contribution in [0.2, 0.25) is 0 Å². The Labute approximate surface area is 181 Å². The van der Waals surface area contributed by atoms with Gasteiger partial charge in [-0.3, -0.25) is 14.5 Å². The van der Waals surface area contributed by atoms with Crippen LogP contribution in [-0.4, -0.2) is 54.0 Å². The molecule has 158 valence electrons. The lowest BCUT2D eigenvalue weighted by Gasteiger charge is -2.32. The first-order valence-corrected chi connectivity index (χ1v) is 11.5. The average Bonchev–Trinajstić information content (AvgIpc) is 2.76. The molecule has 0 aromatic heterocycles. The van der Waals surface area contributed by atoms with Gasteiger partial charge in [-0.1, -0.05) is 30.3 Å². The second-order valence-electron chi connectivity index (χ2n) is 7.56. The standard InChI is InChI=1S/C23H27N3O3S/c1-17-23(28)26(20-8-4-5-9-21(20)29-17)11-10-22(27)24-19-7-3-2-6-18(19)16-25-12-14-30-15-13-25/h2-9,17H,10-16H2,1H3,(H,24,27). The van der Waals surface area contributed by atoms with E-state index in [4.69, 9.17) is 4.74 Å². The largest absolute Gasteiger partial charge is 0.479 e. The third-order valence-corrected chi connectivity index (χ3v) is 6.37. The van der Waals surface area contributed by atoms with Crippen molar-refractivity contribution in [2.75, 3.05) is 41.4 Å². The van der Waals surface area contributed by atoms with Gasteiger partial charge in [-0.15, -0.1) is 0 Å². The molecule has 2 aliphatic rings. The molecule has 1 unspecified atom stereocenters. The van der Waals surface area contributed by atoms with E-state index in [1.807, 2.05) is 54.2 Å². The van der Waals surface area contributed by atoms with E-state index in [0.29, 0.717) is 12.3 Å². The number of nitrogens with zero attached hydrogens (tertiary/aromatic N) is 2. The van der Waals surface area contributed by atoms with Gasteiger partial charge in [-0.05, 0) is 30.7 Å². The lowest BCUT2D eigenvalue weighted by molar-refractivity contribution is -0.125. The van der Waals surface area contributed by atoms with Crippen LogP contribution >= 0.6 is 11.8 Å². The fraction of sp³-hybridized carbons (Fsp3) is 0.391. The molecule has 0 aliphatic carbocycles. The van der Waals surface area contributed by atoms with Crippen LogP contribution in [0.4, 0.5) is 11.4 Å². The molecule has 0 spiro atoms. The van der Waals surface area contributed by atoms with Crippen molar-refractivity contribution in [1.82, 2.24) is 4.90 Å². The number of fused-ring (bicyclic) bond motifs is 1. The summed E-state index contributed by atoms with van der Waals surface area (Å²) in [4.78, 5) is 29.4. The summed E-state index contributed by atoms with van der Waals surface area (Å²) in [6, 6.07) is 15.4. The van der Waals surface area contributed by atoms with E-state index in [-0.39, 0.29) is 18.2 Å². The summed E-state index contributed by atoms with van der Waals surface area (Å²) < 4.78 is 5.67. The van der Waals surface area contributed by atoms with Gasteiger partial charge in [0, 0.05) is 49.8 Å². The Kier molecular flexibility index (Phi) is 6.59. The van der Waals surface area contributed by atoms with Crippen LogP contribution in [0.25, 0.3) is 0 Å². The minimum atomic E-state index is -0.550. The monoisotopic (exact) mass is 425 g/mol. The molecule has 2 aliphatic heterocycles. The quantitative estimate of drug-likeness (QED) is 0.769. The summed E-state index contributed by atoms with van der Waals surface area (Å²) >= 11 is 1.99. The third kappa shape index (κ3) is 4.79. The molecule has 4 rings (SSSR count). The van der Waals surface area contributed by atoms with Crippen molar-refractivity contribution in [2.24, 2.45) is 0 Å². The van der Waals surface area contributed by atoms with Crippen LogP contribution in [0, 0.1) is 0 Å². The van der Waals surface area contributed by atoms with Crippen molar-refractivity contribution in [1.29, 1.82) is 0 Å². The minimum absolute atomic E-state index is 0.0962. The van der Waals surface area contributed by atoms with Gasteiger partial charge in [0.2, 0.25) is 5.91 Å². The normalized spacial score (nSPS) is 19.2. The zero-order valence-corrected chi connectivity index (χ0v) is 18.0. The zero-order chi connectivity index (χ0) is 20.9. The van der Waals surface area contributed by atoms with E-state index in [9.17, 15) is 9.59 Å². The van der Waals surface area contributed by atoms with Crippen molar-refractivity contribution in [3.63, 3.8) is 0 Å². The molecule has 1 fully saturated rings. The Morgan fingerprint density at radius 1 is 1.13 bits per heavy atom. The lowest BCUT2D eigenvalue weighted by atomic mass is 10.1. The van der Waals surface area contributed by atoms with Crippen LogP contribution in [0.15, 0.2) is 48.5 Å². The van der Waals surface area contributed by atoms with E-state index in [1.54, 1.807) is 11.8 Å². The van der Waals surface area contributed by atoms with Gasteiger partial charge in [0.15, 0.2) is 6.10 Å². The van der Waals surface area contributed by atoms with Gasteiger partial charge in [-0.2, -0.15) is 11.8 Å². The Morgan fingerprint density at radius 2 is 1.87 bits per heavy atom. The maximum absolute atomic E-state index is 12.7. The first-order valence-electron chi connectivity index (χ1n) is 10.4. The number of hydrogen-bond donors (Lipinski definition) is 1. The van der Waals surface area contributed by atoms with Crippen LogP contribution < -0.4 is 15.0 Å². The molecule has 2 amide bonds. The molecule has 7 heteroatoms. The molecule has 1 N–H and O–H groups in total. The summed E-state index contributed by atoms with van der Waals surface area (Å²) in [5, 5.41) is 3.05. The highest BCUT2D eigenvalue weighted by Gasteiger charge is 2.31. The van der Waals surface area contributed by atoms with E-state index in [1.165, 1.54) is 0 Å². The van der Waals surface area contributed by atoms with Gasteiger partial charge >= 0.3 is 0 Å². The van der Waals surface area contributed by atoms with Crippen LogP contribution in [0.1, 0.15) is 18.9 Å². The third-order valence-electron chi connectivity index (χ3n) is 5.43. The number of carbonyl (C=O) groups excluding carboxylic acids is 2. The summed E-state index contributed by atoms with van der Waals surface area (Å²) in [5.41, 5.74) is 2.69. The Hall–Kier alpha value is -2.51. The molecular weight excluding hydrogens is 398 g/mol. The predicted octanol–water partition coefficient (Wildman–Crippen LogP) is 3.38. The Bertz CT molecular complexity index is 914. The molecule has 0 saturated carbocycles. The predicted molar refractivity (Wildman–Crippen MR) is 121 cm³/mol. The summed E-state index contributed by atoms with van der Waals surface area (Å²) in [6.07, 6.45) is -0.326. The number of nitrogens with one attached hydrogen (secondary N) is 1. The second-order valence-corrected chi connectivity index (χ2v) is 8.79. The molecule has 0 radical (unpaired) electrons. The van der Waals surface area contributed by atoms with Crippen LogP contribution in [-0.2, 0) is 16.1 Å². The zero-order valence-electron chi connectivity index (χ0n) is 17.2. The number of amides is 2. The fourth-order valence-corrected chi connectivity index (χ4v) is 4.77. The number of ether oxygens (including phenoxy) is 1. The van der Waals surface area contributed by atoms with E-state index >= 15 is 0 Å². The molecular formula is C23H27N3O3S. The van der Waals surface area contributed by atoms with Crippen LogP contribution in [0.3, 0.4) is 0 Å². The maximum Gasteiger partial charge on any atom is 0.267 e. The van der Waals surface area contributed by atoms with Gasteiger partial charge in [-0.25, -0.2) is 0 Å². The SMILES string of the molecule is CC1Oc2ccccc2N(CCC(=O)Nc2ccccc2CN2CCSCC2)C1=O. The summed E-state index contributed by atoms with van der Waals surface area (Å²) in [5.74, 6) is 2.77. The molecule has 2 heterocycles. The lowest BCUT2D eigenvalue weighted by Crippen LogP contribution is -2.45. The minimum Gasteiger partial charge on any atom is -0.479 e. The van der Waals surface area contributed by atoms with Crippen molar-refractivity contribution < 1.29 is 14.3 Å². The van der Waals surface area contributed by atoms with E-state index in [0.717, 1.165) is 48.1 Å². The number of para-hydroxylation sites is 3. The fourth-order valence-electron chi connectivity index (χ4n) is 3.80. The second kappa shape index (κ2) is 9.53. The van der Waals surface area contributed by atoms with Crippen molar-refractivity contribution in [2.45, 2.75) is 26.0 Å². The molecule has 1 saturated heterocycles. The van der Waals surface area contributed by atoms with E-state index < -0.39 is 6.10 Å². The van der Waals surface area contributed by atoms with Crippen LogP contribution in [0.5, 0.6) is 5.75 Å². The first-order chi connectivity index (χ1) is 14.6. The number of anilines is 2. The smallest absolute Gasteiger partial charge is 0.267 e. The van der Waals surface area contributed by atoms with Crippen molar-refractivity contribution in [3.05, 3.63) is 54.1 Å². The van der Waals surface area contributed by atoms with Gasteiger partial charge in [0.1, 0.15) is 5.75 Å². The number of rotatable bonds is 6. The molecule has 2 aromatic carbocycles. The topological polar surface area (TPSA) is 61.9 Å². The molecule has 1 atom stereocenters. The summed E-state index contributed by atoms with van der Waals surface area (Å²) in [6.45, 7) is 5.04. The highest BCUT2D eigenvalue weighted by atomic mass is 32.2. The van der Waals surface area contributed by atoms with Gasteiger partial charge in [0.25, 0.3) is 5.91 Å². The maximum atomic E-state index is 12.7. The molecule has 2 aromatic rings. The van der Waals surface area contributed by atoms with Crippen molar-refractivity contribution >= 4 is 35.0 Å². The number of carbonyl (C=O) groups is 2. The van der Waals surface area contributed by atoms with Gasteiger partial charge < -0.3 is 15.0 Å². The number of thioether (sulfide) groups is 1. The Balaban J connectivity index is 1.39. The molecule has 30 heavy (non-hydrogen) atoms. The molecule has 0 bridgehead atoms. The number of benzene rings is 2.